The third-order valence-electron chi connectivity index (χ3n) is 4.44. The maximum absolute atomic E-state index is 13.8. The van der Waals surface area contributed by atoms with Crippen LogP contribution in [0.3, 0.4) is 0 Å². The number of nitrogens with one attached hydrogen (secondary N) is 3. The summed E-state index contributed by atoms with van der Waals surface area (Å²) in [6.45, 7) is 3.76. The van der Waals surface area contributed by atoms with E-state index < -0.39 is 11.8 Å². The molecule has 4 rings (SSSR count). The number of aliphatic hydroxyl groups is 1. The van der Waals surface area contributed by atoms with Gasteiger partial charge in [0.2, 0.25) is 0 Å². The first-order chi connectivity index (χ1) is 14.9. The van der Waals surface area contributed by atoms with Crippen LogP contribution in [0.25, 0.3) is 22.0 Å². The summed E-state index contributed by atoms with van der Waals surface area (Å²) in [5.41, 5.74) is 10.3. The van der Waals surface area contributed by atoms with Crippen molar-refractivity contribution >= 4 is 34.1 Å². The van der Waals surface area contributed by atoms with Gasteiger partial charge in [0.05, 0.1) is 16.6 Å². The van der Waals surface area contributed by atoms with Crippen molar-refractivity contribution in [2.75, 3.05) is 23.0 Å². The van der Waals surface area contributed by atoms with Crippen LogP contribution >= 0.6 is 0 Å². The molecule has 0 unspecified atom stereocenters. The van der Waals surface area contributed by atoms with Gasteiger partial charge in [0.1, 0.15) is 5.82 Å². The summed E-state index contributed by atoms with van der Waals surface area (Å²) >= 11 is 0. The molecule has 3 aromatic carbocycles. The second-order valence-electron chi connectivity index (χ2n) is 6.79. The van der Waals surface area contributed by atoms with Crippen LogP contribution in [-0.4, -0.2) is 27.9 Å². The molecule has 0 bridgehead atoms. The van der Waals surface area contributed by atoms with E-state index in [-0.39, 0.29) is 12.3 Å². The molecule has 0 saturated heterocycles. The van der Waals surface area contributed by atoms with Gasteiger partial charge in [-0.25, -0.2) is 9.18 Å². The number of urea groups is 1. The first-order valence-corrected chi connectivity index (χ1v) is 9.71. The number of nitrogens with zero attached hydrogens (tertiary/aromatic N) is 1. The summed E-state index contributed by atoms with van der Waals surface area (Å²) in [5, 5.41) is 20.6. The number of aromatic nitrogens is 2. The number of aromatic amines is 1. The van der Waals surface area contributed by atoms with Crippen LogP contribution in [0.4, 0.5) is 26.4 Å². The molecule has 0 fully saturated rings. The number of hydrogen-bond donors (Lipinski definition) is 5. The van der Waals surface area contributed by atoms with Gasteiger partial charge in [0.15, 0.2) is 5.82 Å². The van der Waals surface area contributed by atoms with Crippen molar-refractivity contribution in [2.24, 2.45) is 0 Å². The Labute approximate surface area is 179 Å². The minimum Gasteiger partial charge on any atom is -0.397 e. The van der Waals surface area contributed by atoms with Crippen LogP contribution in [0.2, 0.25) is 0 Å². The third kappa shape index (κ3) is 5.18. The molecule has 0 atom stereocenters. The Morgan fingerprint density at radius 2 is 1.84 bits per heavy atom. The van der Waals surface area contributed by atoms with Gasteiger partial charge in [-0.2, -0.15) is 5.10 Å². The summed E-state index contributed by atoms with van der Waals surface area (Å²) < 4.78 is 13.8. The Morgan fingerprint density at radius 1 is 1.13 bits per heavy atom. The van der Waals surface area contributed by atoms with Crippen LogP contribution in [0.5, 0.6) is 0 Å². The number of nitrogen functional groups attached to an aromatic ring is 1. The Kier molecular flexibility index (Phi) is 6.84. The Bertz CT molecular complexity index is 1190. The van der Waals surface area contributed by atoms with Gasteiger partial charge < -0.3 is 21.5 Å². The molecule has 1 heterocycles. The van der Waals surface area contributed by atoms with E-state index in [1.54, 1.807) is 31.2 Å². The van der Waals surface area contributed by atoms with E-state index in [9.17, 15) is 9.18 Å². The fourth-order valence-corrected chi connectivity index (χ4v) is 3.09. The van der Waals surface area contributed by atoms with Gasteiger partial charge in [-0.15, -0.1) is 0 Å². The molecule has 0 spiro atoms. The Balaban J connectivity index is 0.000000858. The molecule has 0 radical (unpaired) electrons. The number of rotatable bonds is 3. The number of anilines is 3. The molecule has 0 aliphatic carbocycles. The molecule has 1 aromatic heterocycles. The smallest absolute Gasteiger partial charge is 0.323 e. The van der Waals surface area contributed by atoms with Crippen molar-refractivity contribution < 1.29 is 14.3 Å². The summed E-state index contributed by atoms with van der Waals surface area (Å²) in [6.07, 6.45) is 0. The number of carbonyl (C=O) groups excluding carboxylic acids is 1. The highest BCUT2D eigenvalue weighted by Gasteiger charge is 2.11. The van der Waals surface area contributed by atoms with Gasteiger partial charge in [0, 0.05) is 12.3 Å². The van der Waals surface area contributed by atoms with E-state index in [0.717, 1.165) is 27.6 Å². The number of halogens is 1. The quantitative estimate of drug-likeness (QED) is 0.323. The van der Waals surface area contributed by atoms with Crippen molar-refractivity contribution in [2.45, 2.75) is 13.8 Å². The number of hydrogen-bond acceptors (Lipinski definition) is 4. The van der Waals surface area contributed by atoms with Crippen LogP contribution in [0.1, 0.15) is 12.5 Å². The average molecular weight is 421 g/mol. The number of amides is 2. The normalized spacial score (nSPS) is 10.3. The first kappa shape index (κ1) is 21.8. The molecule has 2 amide bonds. The van der Waals surface area contributed by atoms with Crippen LogP contribution < -0.4 is 16.4 Å². The lowest BCUT2D eigenvalue weighted by molar-refractivity contribution is 0.262. The molecule has 160 valence electrons. The number of carbonyl (C=O) groups is 1. The van der Waals surface area contributed by atoms with Crippen molar-refractivity contribution in [3.63, 3.8) is 0 Å². The highest BCUT2D eigenvalue weighted by molar-refractivity contribution is 6.02. The highest BCUT2D eigenvalue weighted by Crippen LogP contribution is 2.31. The zero-order valence-corrected chi connectivity index (χ0v) is 17.2. The maximum Gasteiger partial charge on any atom is 0.323 e. The number of H-pyrrole nitrogens is 1. The van der Waals surface area contributed by atoms with Crippen molar-refractivity contribution in [1.29, 1.82) is 0 Å². The van der Waals surface area contributed by atoms with E-state index in [4.69, 9.17) is 10.8 Å². The SMILES string of the molecule is CCO.Cc1ccc(F)c(NC(=O)Nc2ccc(-c3cccc4[nH]nc(N)c34)cc2)c1. The van der Waals surface area contributed by atoms with Crippen LogP contribution in [0.15, 0.2) is 60.7 Å². The van der Waals surface area contributed by atoms with Gasteiger partial charge in [0.25, 0.3) is 0 Å². The molecular weight excluding hydrogens is 397 g/mol. The van der Waals surface area contributed by atoms with Crippen LogP contribution in [-0.2, 0) is 0 Å². The Hall–Kier alpha value is -3.91. The summed E-state index contributed by atoms with van der Waals surface area (Å²) in [6, 6.07) is 17.1. The molecule has 6 N–H and O–H groups in total. The highest BCUT2D eigenvalue weighted by atomic mass is 19.1. The van der Waals surface area contributed by atoms with Crippen molar-refractivity contribution in [1.82, 2.24) is 10.2 Å². The topological polar surface area (TPSA) is 116 Å². The number of aryl methyl sites for hydroxylation is 1. The number of aliphatic hydroxyl groups excluding tert-OH is 1. The second-order valence-corrected chi connectivity index (χ2v) is 6.79. The van der Waals surface area contributed by atoms with Gasteiger partial charge in [-0.1, -0.05) is 30.3 Å². The number of nitrogens with two attached hydrogens (primary N) is 1. The van der Waals surface area contributed by atoms with E-state index in [0.29, 0.717) is 11.5 Å². The van der Waals surface area contributed by atoms with Crippen molar-refractivity contribution in [3.8, 4) is 11.1 Å². The van der Waals surface area contributed by atoms with Gasteiger partial charge in [-0.3, -0.25) is 5.10 Å². The second kappa shape index (κ2) is 9.73. The standard InChI is InChI=1S/C21H18FN5O.C2H6O/c1-12-5-10-16(22)18(11-12)25-21(28)24-14-8-6-13(7-9-14)15-3-2-4-17-19(15)20(23)27-26-17;1-2-3/h2-11H,1H3,(H3,23,26,27)(H2,24,25,28);3H,2H2,1H3. The minimum atomic E-state index is -0.515. The van der Waals surface area contributed by atoms with E-state index in [2.05, 4.69) is 20.8 Å². The zero-order chi connectivity index (χ0) is 22.4. The van der Waals surface area contributed by atoms with E-state index in [1.807, 2.05) is 37.3 Å². The lowest BCUT2D eigenvalue weighted by atomic mass is 10.0. The average Bonchev–Trinajstić information content (AvgIpc) is 3.13. The van der Waals surface area contributed by atoms with Crippen molar-refractivity contribution in [3.05, 3.63) is 72.0 Å². The third-order valence-corrected chi connectivity index (χ3v) is 4.44. The van der Waals surface area contributed by atoms with Gasteiger partial charge >= 0.3 is 6.03 Å². The molecule has 0 saturated carbocycles. The largest absolute Gasteiger partial charge is 0.397 e. The monoisotopic (exact) mass is 421 g/mol. The lowest BCUT2D eigenvalue weighted by Gasteiger charge is -2.10. The molecule has 8 heteroatoms. The minimum absolute atomic E-state index is 0.135. The summed E-state index contributed by atoms with van der Waals surface area (Å²) in [5.74, 6) is -0.0470. The number of fused-ring (bicyclic) bond motifs is 1. The Morgan fingerprint density at radius 3 is 2.55 bits per heavy atom. The molecule has 7 nitrogen and oxygen atoms in total. The maximum atomic E-state index is 13.8. The summed E-state index contributed by atoms with van der Waals surface area (Å²) in [4.78, 5) is 12.2. The summed E-state index contributed by atoms with van der Waals surface area (Å²) in [7, 11) is 0. The first-order valence-electron chi connectivity index (χ1n) is 9.71. The van der Waals surface area contributed by atoms with Gasteiger partial charge in [-0.05, 0) is 60.9 Å². The predicted octanol–water partition coefficient (Wildman–Crippen LogP) is 4.90. The molecule has 0 aliphatic heterocycles. The zero-order valence-electron chi connectivity index (χ0n) is 17.2. The molecule has 0 aliphatic rings. The van der Waals surface area contributed by atoms with Crippen LogP contribution in [0, 0.1) is 12.7 Å². The molecule has 4 aromatic rings. The molecule has 31 heavy (non-hydrogen) atoms. The van der Waals surface area contributed by atoms with E-state index >= 15 is 0 Å². The van der Waals surface area contributed by atoms with E-state index in [1.165, 1.54) is 6.07 Å². The molecular formula is C23H24FN5O2. The fraction of sp³-hybridized carbons (Fsp3) is 0.130. The fourth-order valence-electron chi connectivity index (χ4n) is 3.09. The lowest BCUT2D eigenvalue weighted by Crippen LogP contribution is -2.20. The predicted molar refractivity (Wildman–Crippen MR) is 122 cm³/mol. The number of benzene rings is 3.